The Labute approximate surface area is 172 Å². The molecule has 0 spiro atoms. The van der Waals surface area contributed by atoms with Gasteiger partial charge in [-0.2, -0.15) is 0 Å². The quantitative estimate of drug-likeness (QED) is 0.668. The van der Waals surface area contributed by atoms with Gasteiger partial charge in [0, 0.05) is 17.2 Å². The van der Waals surface area contributed by atoms with Crippen LogP contribution in [0, 0.1) is 5.82 Å². The Bertz CT molecular complexity index is 1050. The number of nitrogens with one attached hydrogen (secondary N) is 1. The molecule has 6 nitrogen and oxygen atoms in total. The number of hydrogen-bond donors (Lipinski definition) is 2. The van der Waals surface area contributed by atoms with Gasteiger partial charge in [0.05, 0.1) is 12.8 Å². The molecule has 0 aliphatic carbocycles. The average Bonchev–Trinajstić information content (AvgIpc) is 2.78. The second kappa shape index (κ2) is 8.42. The Morgan fingerprint density at radius 2 is 1.67 bits per heavy atom. The van der Waals surface area contributed by atoms with Gasteiger partial charge in [0.25, 0.3) is 5.91 Å². The van der Waals surface area contributed by atoms with Crippen LogP contribution in [0.2, 0.25) is 0 Å². The topological polar surface area (TPSA) is 77.0 Å². The van der Waals surface area contributed by atoms with Crippen LogP contribution in [0.25, 0.3) is 0 Å². The van der Waals surface area contributed by atoms with Crippen molar-refractivity contribution in [2.75, 3.05) is 25.6 Å². The van der Waals surface area contributed by atoms with Crippen LogP contribution in [0.4, 0.5) is 10.1 Å². The summed E-state index contributed by atoms with van der Waals surface area (Å²) in [6, 6.07) is 15.5. The normalized spacial score (nSPS) is 13.4. The van der Waals surface area contributed by atoms with Gasteiger partial charge in [-0.1, -0.05) is 12.1 Å². The lowest BCUT2D eigenvalue weighted by Gasteiger charge is -2.23. The largest absolute Gasteiger partial charge is 0.497 e. The summed E-state index contributed by atoms with van der Waals surface area (Å²) in [5, 5.41) is 13.8. The lowest BCUT2D eigenvalue weighted by Crippen LogP contribution is -2.18. The molecule has 1 amide bonds. The van der Waals surface area contributed by atoms with Crippen molar-refractivity contribution in [1.82, 2.24) is 0 Å². The van der Waals surface area contributed by atoms with Gasteiger partial charge in [-0.25, -0.2) is 4.39 Å². The van der Waals surface area contributed by atoms with Crippen LogP contribution >= 0.6 is 0 Å². The smallest absolute Gasteiger partial charge is 0.255 e. The predicted octanol–water partition coefficient (Wildman–Crippen LogP) is 3.94. The highest BCUT2D eigenvalue weighted by atomic mass is 19.1. The standard InChI is InChI=1S/C23H20FNO5/c1-28-17-8-4-14(5-9-17)22(26)18-12-20-21(30-11-10-29-20)13-19(18)25-23(27)15-2-6-16(24)7-3-15/h2-9,12-13,22,26H,10-11H2,1H3,(H,25,27)/t22-/m1/s1. The second-order valence-corrected chi connectivity index (χ2v) is 6.72. The van der Waals surface area contributed by atoms with E-state index in [1.54, 1.807) is 43.5 Å². The van der Waals surface area contributed by atoms with E-state index < -0.39 is 17.8 Å². The number of carbonyl (C=O) groups is 1. The van der Waals surface area contributed by atoms with Crippen LogP contribution in [0.1, 0.15) is 27.6 Å². The third-order valence-corrected chi connectivity index (χ3v) is 4.80. The van der Waals surface area contributed by atoms with Gasteiger partial charge in [-0.3, -0.25) is 4.79 Å². The molecule has 0 bridgehead atoms. The Kier molecular flexibility index (Phi) is 5.54. The first-order valence-electron chi connectivity index (χ1n) is 9.37. The summed E-state index contributed by atoms with van der Waals surface area (Å²) in [6.45, 7) is 0.783. The molecule has 1 aliphatic rings. The van der Waals surface area contributed by atoms with E-state index >= 15 is 0 Å². The third kappa shape index (κ3) is 4.06. The number of ether oxygens (including phenoxy) is 3. The number of anilines is 1. The maximum atomic E-state index is 13.2. The number of carbonyl (C=O) groups excluding carboxylic acids is 1. The lowest BCUT2D eigenvalue weighted by atomic mass is 9.98. The minimum absolute atomic E-state index is 0.288. The number of hydrogen-bond acceptors (Lipinski definition) is 5. The van der Waals surface area contributed by atoms with Gasteiger partial charge >= 0.3 is 0 Å². The first kappa shape index (κ1) is 19.7. The zero-order valence-corrected chi connectivity index (χ0v) is 16.2. The molecule has 1 heterocycles. The number of aliphatic hydroxyl groups is 1. The lowest BCUT2D eigenvalue weighted by molar-refractivity contribution is 0.102. The summed E-state index contributed by atoms with van der Waals surface area (Å²) in [6.07, 6.45) is -1.03. The first-order chi connectivity index (χ1) is 14.5. The first-order valence-corrected chi connectivity index (χ1v) is 9.37. The third-order valence-electron chi connectivity index (χ3n) is 4.80. The molecule has 2 N–H and O–H groups in total. The van der Waals surface area contributed by atoms with E-state index in [2.05, 4.69) is 5.32 Å². The maximum Gasteiger partial charge on any atom is 0.255 e. The summed E-state index contributed by atoms with van der Waals surface area (Å²) in [7, 11) is 1.56. The molecule has 0 fully saturated rings. The fraction of sp³-hybridized carbons (Fsp3) is 0.174. The van der Waals surface area contributed by atoms with Gasteiger partial charge in [-0.05, 0) is 48.0 Å². The van der Waals surface area contributed by atoms with Crippen LogP contribution in [-0.4, -0.2) is 31.3 Å². The maximum absolute atomic E-state index is 13.2. The van der Waals surface area contributed by atoms with Crippen molar-refractivity contribution >= 4 is 11.6 Å². The van der Waals surface area contributed by atoms with Crippen LogP contribution in [0.15, 0.2) is 60.7 Å². The summed E-state index contributed by atoms with van der Waals surface area (Å²) in [5.41, 5.74) is 1.72. The van der Waals surface area contributed by atoms with Crippen molar-refractivity contribution in [2.24, 2.45) is 0 Å². The number of methoxy groups -OCH3 is 1. The molecule has 0 saturated carbocycles. The summed E-state index contributed by atoms with van der Waals surface area (Å²) < 4.78 is 29.6. The molecule has 0 unspecified atom stereocenters. The molecule has 1 aliphatic heterocycles. The molecular weight excluding hydrogens is 389 g/mol. The van der Waals surface area contributed by atoms with E-state index in [4.69, 9.17) is 14.2 Å². The van der Waals surface area contributed by atoms with Crippen LogP contribution in [-0.2, 0) is 0 Å². The van der Waals surface area contributed by atoms with Crippen LogP contribution in [0.5, 0.6) is 17.2 Å². The van der Waals surface area contributed by atoms with E-state index in [1.165, 1.54) is 24.3 Å². The molecule has 7 heteroatoms. The fourth-order valence-electron chi connectivity index (χ4n) is 3.20. The zero-order valence-electron chi connectivity index (χ0n) is 16.2. The van der Waals surface area contributed by atoms with E-state index in [0.717, 1.165) is 0 Å². The molecule has 3 aromatic rings. The molecule has 4 rings (SSSR count). The highest BCUT2D eigenvalue weighted by molar-refractivity contribution is 6.04. The second-order valence-electron chi connectivity index (χ2n) is 6.72. The fourth-order valence-corrected chi connectivity index (χ4v) is 3.20. The van der Waals surface area contributed by atoms with Crippen molar-refractivity contribution < 1.29 is 28.5 Å². The number of benzene rings is 3. The number of rotatable bonds is 5. The molecule has 0 saturated heterocycles. The van der Waals surface area contributed by atoms with Crippen molar-refractivity contribution in [3.63, 3.8) is 0 Å². The highest BCUT2D eigenvalue weighted by Gasteiger charge is 2.23. The molecule has 3 aromatic carbocycles. The number of fused-ring (bicyclic) bond motifs is 1. The summed E-state index contributed by atoms with van der Waals surface area (Å²) >= 11 is 0. The minimum Gasteiger partial charge on any atom is -0.497 e. The van der Waals surface area contributed by atoms with Gasteiger partial charge < -0.3 is 24.6 Å². The highest BCUT2D eigenvalue weighted by Crippen LogP contribution is 2.40. The number of halogens is 1. The molecule has 0 aromatic heterocycles. The monoisotopic (exact) mass is 409 g/mol. The van der Waals surface area contributed by atoms with Crippen molar-refractivity contribution in [2.45, 2.75) is 6.10 Å². The molecule has 154 valence electrons. The van der Waals surface area contributed by atoms with E-state index in [0.29, 0.717) is 47.3 Å². The van der Waals surface area contributed by atoms with Crippen molar-refractivity contribution in [3.05, 3.63) is 83.2 Å². The van der Waals surface area contributed by atoms with Crippen LogP contribution < -0.4 is 19.5 Å². The van der Waals surface area contributed by atoms with Gasteiger partial charge in [-0.15, -0.1) is 0 Å². The average molecular weight is 409 g/mol. The molecule has 1 atom stereocenters. The Balaban J connectivity index is 1.70. The molecular formula is C23H20FNO5. The number of amides is 1. The molecule has 0 radical (unpaired) electrons. The SMILES string of the molecule is COc1ccc([C@@H](O)c2cc3c(cc2NC(=O)c2ccc(F)cc2)OCCO3)cc1. The van der Waals surface area contributed by atoms with E-state index in [-0.39, 0.29) is 5.56 Å². The Hall–Kier alpha value is -3.58. The Morgan fingerprint density at radius 3 is 2.30 bits per heavy atom. The van der Waals surface area contributed by atoms with Crippen molar-refractivity contribution in [1.29, 1.82) is 0 Å². The van der Waals surface area contributed by atoms with E-state index in [9.17, 15) is 14.3 Å². The van der Waals surface area contributed by atoms with Crippen molar-refractivity contribution in [3.8, 4) is 17.2 Å². The van der Waals surface area contributed by atoms with Gasteiger partial charge in [0.1, 0.15) is 30.9 Å². The van der Waals surface area contributed by atoms with Crippen LogP contribution in [0.3, 0.4) is 0 Å². The minimum atomic E-state index is -1.03. The Morgan fingerprint density at radius 1 is 1.03 bits per heavy atom. The number of aliphatic hydroxyl groups excluding tert-OH is 1. The zero-order chi connectivity index (χ0) is 21.1. The summed E-state index contributed by atoms with van der Waals surface area (Å²) in [4.78, 5) is 12.7. The predicted molar refractivity (Wildman–Crippen MR) is 109 cm³/mol. The van der Waals surface area contributed by atoms with Gasteiger partial charge in [0.15, 0.2) is 11.5 Å². The van der Waals surface area contributed by atoms with Gasteiger partial charge in [0.2, 0.25) is 0 Å². The molecule has 30 heavy (non-hydrogen) atoms. The van der Waals surface area contributed by atoms with E-state index in [1.807, 2.05) is 0 Å². The summed E-state index contributed by atoms with van der Waals surface area (Å²) in [5.74, 6) is 0.763.